The van der Waals surface area contributed by atoms with Gasteiger partial charge in [0.25, 0.3) is 5.67 Å². The fourth-order valence-corrected chi connectivity index (χ4v) is 4.48. The molecule has 28 heavy (non-hydrogen) atoms. The Bertz CT molecular complexity index is 467. The highest BCUT2D eigenvalue weighted by Gasteiger charge is 3.00. The van der Waals surface area contributed by atoms with Gasteiger partial charge in [-0.3, -0.25) is 0 Å². The minimum atomic E-state index is -6.47. The first-order chi connectivity index (χ1) is 12.7. The van der Waals surface area contributed by atoms with E-state index in [0.29, 0.717) is 12.8 Å². The maximum Gasteiger partial charge on any atom is 0.381 e. The van der Waals surface area contributed by atoms with E-state index in [4.69, 9.17) is 0 Å². The molecule has 1 aliphatic carbocycles. The average molecular weight is 540 g/mol. The van der Waals surface area contributed by atoms with Gasteiger partial charge in [0.2, 0.25) is 0 Å². The van der Waals surface area contributed by atoms with Gasteiger partial charge in [0, 0.05) is 10.3 Å². The SMILES string of the molecule is CCCCCCCCCCCC(I)CC1(F)C(F)(F)C(F)(F)C(F)(F)C1(F)F. The summed E-state index contributed by atoms with van der Waals surface area (Å²) in [6.07, 6.45) is 6.59. The molecule has 1 rings (SSSR count). The van der Waals surface area contributed by atoms with Gasteiger partial charge >= 0.3 is 23.7 Å². The van der Waals surface area contributed by atoms with Gasteiger partial charge in [0.1, 0.15) is 0 Å². The van der Waals surface area contributed by atoms with Gasteiger partial charge in [-0.2, -0.15) is 35.1 Å². The molecule has 168 valence electrons. The zero-order valence-corrected chi connectivity index (χ0v) is 17.8. The molecule has 1 aliphatic rings. The molecular weight excluding hydrogens is 514 g/mol. The van der Waals surface area contributed by atoms with E-state index in [1.807, 2.05) is 0 Å². The molecule has 1 saturated carbocycles. The van der Waals surface area contributed by atoms with Crippen molar-refractivity contribution in [1.29, 1.82) is 0 Å². The van der Waals surface area contributed by atoms with Gasteiger partial charge in [-0.25, -0.2) is 4.39 Å². The Labute approximate surface area is 173 Å². The van der Waals surface area contributed by atoms with Crippen molar-refractivity contribution < 1.29 is 39.5 Å². The molecule has 0 saturated heterocycles. The highest BCUT2D eigenvalue weighted by atomic mass is 127. The Balaban J connectivity index is 2.55. The Morgan fingerprint density at radius 2 is 0.929 bits per heavy atom. The van der Waals surface area contributed by atoms with Gasteiger partial charge in [-0.1, -0.05) is 87.3 Å². The smallest absolute Gasteiger partial charge is 0.230 e. The molecule has 1 atom stereocenters. The zero-order valence-electron chi connectivity index (χ0n) is 15.6. The molecule has 0 aromatic rings. The summed E-state index contributed by atoms with van der Waals surface area (Å²) < 4.78 is 121. The monoisotopic (exact) mass is 540 g/mol. The number of hydrogen-bond acceptors (Lipinski definition) is 0. The van der Waals surface area contributed by atoms with E-state index in [1.165, 1.54) is 22.6 Å². The Hall–Kier alpha value is 0.1000. The number of hydrogen-bond donors (Lipinski definition) is 0. The van der Waals surface area contributed by atoms with Crippen molar-refractivity contribution >= 4 is 22.6 Å². The van der Waals surface area contributed by atoms with Crippen molar-refractivity contribution in [2.24, 2.45) is 0 Å². The molecule has 0 nitrogen and oxygen atoms in total. The highest BCUT2D eigenvalue weighted by molar-refractivity contribution is 14.1. The molecule has 0 heterocycles. The quantitative estimate of drug-likeness (QED) is 0.101. The van der Waals surface area contributed by atoms with Crippen LogP contribution >= 0.6 is 22.6 Å². The summed E-state index contributed by atoms with van der Waals surface area (Å²) in [5.41, 5.74) is -5.31. The molecule has 0 N–H and O–H groups in total. The predicted molar refractivity (Wildman–Crippen MR) is 97.9 cm³/mol. The van der Waals surface area contributed by atoms with Gasteiger partial charge in [0.15, 0.2) is 0 Å². The van der Waals surface area contributed by atoms with Crippen molar-refractivity contribution in [2.75, 3.05) is 0 Å². The molecule has 0 spiro atoms. The molecule has 10 heteroatoms. The molecule has 1 fully saturated rings. The predicted octanol–water partition coefficient (Wildman–Crippen LogP) is 8.36. The fraction of sp³-hybridized carbons (Fsp3) is 1.00. The first kappa shape index (κ1) is 26.1. The van der Waals surface area contributed by atoms with Gasteiger partial charge in [0.05, 0.1) is 0 Å². The van der Waals surface area contributed by atoms with Crippen LogP contribution in [0.2, 0.25) is 0 Å². The van der Waals surface area contributed by atoms with Crippen molar-refractivity contribution in [3.8, 4) is 0 Å². The van der Waals surface area contributed by atoms with E-state index >= 15 is 0 Å². The highest BCUT2D eigenvalue weighted by Crippen LogP contribution is 2.70. The third-order valence-corrected chi connectivity index (χ3v) is 6.37. The van der Waals surface area contributed by atoms with E-state index in [1.54, 1.807) is 0 Å². The molecular formula is C18H26F9I. The van der Waals surface area contributed by atoms with E-state index < -0.39 is 39.7 Å². The first-order valence-electron chi connectivity index (χ1n) is 9.55. The standard InChI is InChI=1S/C18H26F9I/c1-2-3-4-5-6-7-8-9-10-11-13(28)12-14(19)15(20,21)17(24,25)18(26,27)16(14,22)23/h13H,2-12H2,1H3. The Morgan fingerprint density at radius 1 is 0.571 bits per heavy atom. The summed E-state index contributed by atoms with van der Waals surface area (Å²) in [7, 11) is 0. The van der Waals surface area contributed by atoms with Crippen molar-refractivity contribution in [2.45, 2.75) is 111 Å². The van der Waals surface area contributed by atoms with E-state index in [0.717, 1.165) is 44.9 Å². The summed E-state index contributed by atoms with van der Waals surface area (Å²) in [4.78, 5) is 0. The van der Waals surface area contributed by atoms with Crippen LogP contribution in [0.5, 0.6) is 0 Å². The third-order valence-electron chi connectivity index (χ3n) is 5.30. The average Bonchev–Trinajstić information content (AvgIpc) is 2.63. The lowest BCUT2D eigenvalue weighted by atomic mass is 9.90. The van der Waals surface area contributed by atoms with Crippen LogP contribution in [0.4, 0.5) is 39.5 Å². The second kappa shape index (κ2) is 9.49. The number of rotatable bonds is 12. The van der Waals surface area contributed by atoms with Crippen molar-refractivity contribution in [1.82, 2.24) is 0 Å². The molecule has 0 amide bonds. The van der Waals surface area contributed by atoms with Crippen LogP contribution in [0.25, 0.3) is 0 Å². The molecule has 0 radical (unpaired) electrons. The normalized spacial score (nSPS) is 25.0. The lowest BCUT2D eigenvalue weighted by molar-refractivity contribution is -0.303. The molecule has 0 bridgehead atoms. The van der Waals surface area contributed by atoms with Gasteiger partial charge < -0.3 is 0 Å². The van der Waals surface area contributed by atoms with E-state index in [-0.39, 0.29) is 6.42 Å². The molecule has 1 unspecified atom stereocenters. The van der Waals surface area contributed by atoms with Gasteiger partial charge in [-0.15, -0.1) is 0 Å². The summed E-state index contributed by atoms with van der Waals surface area (Å²) in [6.45, 7) is 2.10. The van der Waals surface area contributed by atoms with Crippen LogP contribution in [0.15, 0.2) is 0 Å². The van der Waals surface area contributed by atoms with Crippen LogP contribution in [0.3, 0.4) is 0 Å². The second-order valence-electron chi connectivity index (χ2n) is 7.52. The second-order valence-corrected chi connectivity index (χ2v) is 9.28. The summed E-state index contributed by atoms with van der Waals surface area (Å²) >= 11 is 1.39. The fourth-order valence-electron chi connectivity index (χ4n) is 3.43. The maximum absolute atomic E-state index is 14.4. The van der Waals surface area contributed by atoms with Crippen molar-refractivity contribution in [3.05, 3.63) is 0 Å². The number of unbranched alkanes of at least 4 members (excludes halogenated alkanes) is 8. The molecule has 0 aromatic heterocycles. The third kappa shape index (κ3) is 4.40. The number of alkyl halides is 10. The number of halogens is 10. The topological polar surface area (TPSA) is 0 Å². The first-order valence-corrected chi connectivity index (χ1v) is 10.8. The van der Waals surface area contributed by atoms with Crippen LogP contribution in [-0.2, 0) is 0 Å². The largest absolute Gasteiger partial charge is 0.381 e. The van der Waals surface area contributed by atoms with Crippen LogP contribution < -0.4 is 0 Å². The Kier molecular flexibility index (Phi) is 8.86. The van der Waals surface area contributed by atoms with E-state index in [2.05, 4.69) is 6.92 Å². The molecule has 0 aromatic carbocycles. The lowest BCUT2D eigenvalue weighted by Crippen LogP contribution is -2.55. The van der Waals surface area contributed by atoms with E-state index in [9.17, 15) is 39.5 Å². The van der Waals surface area contributed by atoms with Crippen molar-refractivity contribution in [3.63, 3.8) is 0 Å². The van der Waals surface area contributed by atoms with Gasteiger partial charge in [-0.05, 0) is 6.42 Å². The Morgan fingerprint density at radius 3 is 1.32 bits per heavy atom. The van der Waals surface area contributed by atoms with Crippen LogP contribution in [-0.4, -0.2) is 33.3 Å². The molecule has 0 aliphatic heterocycles. The minimum absolute atomic E-state index is 0.00532. The summed E-state index contributed by atoms with van der Waals surface area (Å²) in [6, 6.07) is 0. The van der Waals surface area contributed by atoms with Crippen LogP contribution in [0, 0.1) is 0 Å². The summed E-state index contributed by atoms with van der Waals surface area (Å²) in [5, 5.41) is 0. The summed E-state index contributed by atoms with van der Waals surface area (Å²) in [5.74, 6) is -25.3. The van der Waals surface area contributed by atoms with Crippen LogP contribution in [0.1, 0.15) is 77.6 Å². The zero-order chi connectivity index (χ0) is 21.9. The maximum atomic E-state index is 14.4. The minimum Gasteiger partial charge on any atom is -0.230 e. The lowest BCUT2D eigenvalue weighted by Gasteiger charge is -2.32.